The molecule has 0 fully saturated rings. The van der Waals surface area contributed by atoms with Crippen LogP contribution in [-0.2, 0) is 4.74 Å². The second-order valence-corrected chi connectivity index (χ2v) is 3.34. The molecule has 0 heterocycles. The highest BCUT2D eigenvalue weighted by molar-refractivity contribution is 5.22. The Bertz CT molecular complexity index is 211. The van der Waals surface area contributed by atoms with Gasteiger partial charge < -0.3 is 4.74 Å². The van der Waals surface area contributed by atoms with Crippen molar-refractivity contribution in [2.24, 2.45) is 0 Å². The number of ether oxygens (including phenoxy) is 1. The van der Waals surface area contributed by atoms with Gasteiger partial charge in [0.25, 0.3) is 0 Å². The highest BCUT2D eigenvalue weighted by Gasteiger charge is 1.93. The van der Waals surface area contributed by atoms with Gasteiger partial charge >= 0.3 is 0 Å². The van der Waals surface area contributed by atoms with Crippen molar-refractivity contribution in [2.75, 3.05) is 0 Å². The first-order valence-electron chi connectivity index (χ1n) is 4.75. The zero-order valence-corrected chi connectivity index (χ0v) is 9.02. The largest absolute Gasteiger partial charge is 0.470 e. The number of rotatable bonds is 6. The zero-order chi connectivity index (χ0) is 10.3. The molecule has 0 amide bonds. The Kier molecular flexibility index (Phi) is 6.03. The van der Waals surface area contributed by atoms with Gasteiger partial charge in [0.05, 0.1) is 12.0 Å². The maximum atomic E-state index is 5.35. The Labute approximate surface area is 81.8 Å². The van der Waals surface area contributed by atoms with Crippen LogP contribution in [0.15, 0.2) is 36.3 Å². The van der Waals surface area contributed by atoms with Crippen LogP contribution in [0.4, 0.5) is 0 Å². The SMILES string of the molecule is C=C(CCCC)O/C=C(\C)C(=C)C. The fourth-order valence-corrected chi connectivity index (χ4v) is 0.705. The second-order valence-electron chi connectivity index (χ2n) is 3.34. The molecule has 0 radical (unpaired) electrons. The molecular formula is C12H20O. The Morgan fingerprint density at radius 3 is 2.38 bits per heavy atom. The van der Waals surface area contributed by atoms with Crippen LogP contribution in [-0.4, -0.2) is 0 Å². The van der Waals surface area contributed by atoms with Crippen LogP contribution in [0.25, 0.3) is 0 Å². The summed E-state index contributed by atoms with van der Waals surface area (Å²) < 4.78 is 5.35. The van der Waals surface area contributed by atoms with Crippen molar-refractivity contribution in [2.45, 2.75) is 40.0 Å². The van der Waals surface area contributed by atoms with Crippen LogP contribution in [0.3, 0.4) is 0 Å². The molecule has 0 aromatic carbocycles. The standard InChI is InChI=1S/C12H20O/c1-6-7-8-12(5)13-9-11(4)10(2)3/h9H,2,5-8H2,1,3-4H3/b11-9+. The van der Waals surface area contributed by atoms with Gasteiger partial charge in [0.15, 0.2) is 0 Å². The third-order valence-electron chi connectivity index (χ3n) is 1.88. The molecule has 0 spiro atoms. The summed E-state index contributed by atoms with van der Waals surface area (Å²) in [5.74, 6) is 0.836. The van der Waals surface area contributed by atoms with E-state index in [-0.39, 0.29) is 0 Å². The third kappa shape index (κ3) is 6.21. The van der Waals surface area contributed by atoms with Crippen LogP contribution in [0.2, 0.25) is 0 Å². The molecule has 0 aliphatic heterocycles. The fraction of sp³-hybridized carbons (Fsp3) is 0.500. The molecule has 0 saturated heterocycles. The van der Waals surface area contributed by atoms with Gasteiger partial charge in [-0.3, -0.25) is 0 Å². The molecule has 0 aliphatic rings. The Balaban J connectivity index is 3.80. The maximum absolute atomic E-state index is 5.35. The lowest BCUT2D eigenvalue weighted by molar-refractivity contribution is 0.329. The van der Waals surface area contributed by atoms with E-state index in [1.165, 1.54) is 6.42 Å². The molecule has 1 nitrogen and oxygen atoms in total. The van der Waals surface area contributed by atoms with Crippen molar-refractivity contribution >= 4 is 0 Å². The minimum Gasteiger partial charge on any atom is -0.470 e. The predicted octanol–water partition coefficient (Wildman–Crippen LogP) is 4.19. The van der Waals surface area contributed by atoms with Crippen molar-refractivity contribution in [1.82, 2.24) is 0 Å². The number of hydrogen-bond acceptors (Lipinski definition) is 1. The molecule has 74 valence electrons. The summed E-state index contributed by atoms with van der Waals surface area (Å²) in [7, 11) is 0. The van der Waals surface area contributed by atoms with Crippen LogP contribution < -0.4 is 0 Å². The van der Waals surface area contributed by atoms with Gasteiger partial charge in [0, 0.05) is 6.42 Å². The number of unbranched alkanes of at least 4 members (excludes halogenated alkanes) is 1. The monoisotopic (exact) mass is 180 g/mol. The van der Waals surface area contributed by atoms with E-state index in [1.54, 1.807) is 6.26 Å². The lowest BCUT2D eigenvalue weighted by Crippen LogP contribution is -1.86. The predicted molar refractivity (Wildman–Crippen MR) is 58.3 cm³/mol. The van der Waals surface area contributed by atoms with Gasteiger partial charge in [0.2, 0.25) is 0 Å². The molecule has 0 saturated carbocycles. The quantitative estimate of drug-likeness (QED) is 0.440. The molecular weight excluding hydrogens is 160 g/mol. The van der Waals surface area contributed by atoms with E-state index in [4.69, 9.17) is 4.74 Å². The van der Waals surface area contributed by atoms with Crippen LogP contribution in [0.5, 0.6) is 0 Å². The van der Waals surface area contributed by atoms with Gasteiger partial charge in [-0.25, -0.2) is 0 Å². The minimum atomic E-state index is 0.836. The van der Waals surface area contributed by atoms with Crippen LogP contribution >= 0.6 is 0 Å². The van der Waals surface area contributed by atoms with E-state index in [0.717, 1.165) is 29.7 Å². The third-order valence-corrected chi connectivity index (χ3v) is 1.88. The topological polar surface area (TPSA) is 9.23 Å². The van der Waals surface area contributed by atoms with E-state index in [2.05, 4.69) is 20.1 Å². The van der Waals surface area contributed by atoms with E-state index in [1.807, 2.05) is 13.8 Å². The second kappa shape index (κ2) is 6.53. The average molecular weight is 180 g/mol. The molecule has 0 unspecified atom stereocenters. The molecule has 0 aliphatic carbocycles. The van der Waals surface area contributed by atoms with Crippen molar-refractivity contribution in [3.63, 3.8) is 0 Å². The van der Waals surface area contributed by atoms with Crippen molar-refractivity contribution in [1.29, 1.82) is 0 Å². The van der Waals surface area contributed by atoms with Gasteiger partial charge in [-0.1, -0.05) is 32.1 Å². The first kappa shape index (κ1) is 12.0. The Morgan fingerprint density at radius 1 is 1.31 bits per heavy atom. The molecule has 0 atom stereocenters. The van der Waals surface area contributed by atoms with Gasteiger partial charge in [-0.15, -0.1) is 0 Å². The van der Waals surface area contributed by atoms with E-state index >= 15 is 0 Å². The highest BCUT2D eigenvalue weighted by atomic mass is 16.5. The summed E-state index contributed by atoms with van der Waals surface area (Å²) in [5.41, 5.74) is 2.10. The zero-order valence-electron chi connectivity index (χ0n) is 9.02. The molecule has 0 N–H and O–H groups in total. The summed E-state index contributed by atoms with van der Waals surface area (Å²) in [5, 5.41) is 0. The van der Waals surface area contributed by atoms with Crippen molar-refractivity contribution in [3.8, 4) is 0 Å². The lowest BCUT2D eigenvalue weighted by Gasteiger charge is -2.05. The summed E-state index contributed by atoms with van der Waals surface area (Å²) in [4.78, 5) is 0. The Morgan fingerprint density at radius 2 is 1.92 bits per heavy atom. The summed E-state index contributed by atoms with van der Waals surface area (Å²) >= 11 is 0. The summed E-state index contributed by atoms with van der Waals surface area (Å²) in [6.07, 6.45) is 4.97. The van der Waals surface area contributed by atoms with E-state index in [0.29, 0.717) is 0 Å². The van der Waals surface area contributed by atoms with E-state index in [9.17, 15) is 0 Å². The smallest absolute Gasteiger partial charge is 0.0960 e. The molecule has 0 aromatic rings. The average Bonchev–Trinajstić information content (AvgIpc) is 2.10. The summed E-state index contributed by atoms with van der Waals surface area (Å²) in [6, 6.07) is 0. The van der Waals surface area contributed by atoms with Crippen LogP contribution in [0, 0.1) is 0 Å². The van der Waals surface area contributed by atoms with Crippen molar-refractivity contribution in [3.05, 3.63) is 36.3 Å². The molecule has 13 heavy (non-hydrogen) atoms. The number of allylic oxidation sites excluding steroid dienone is 3. The first-order valence-corrected chi connectivity index (χ1v) is 4.75. The normalized spacial score (nSPS) is 11.2. The fourth-order valence-electron chi connectivity index (χ4n) is 0.705. The molecule has 0 bridgehead atoms. The number of hydrogen-bond donors (Lipinski definition) is 0. The Hall–Kier alpha value is -0.980. The molecule has 0 aromatic heterocycles. The van der Waals surface area contributed by atoms with Gasteiger partial charge in [0.1, 0.15) is 0 Å². The van der Waals surface area contributed by atoms with Crippen molar-refractivity contribution < 1.29 is 4.74 Å². The molecule has 1 heteroatoms. The maximum Gasteiger partial charge on any atom is 0.0960 e. The van der Waals surface area contributed by atoms with E-state index < -0.39 is 0 Å². The highest BCUT2D eigenvalue weighted by Crippen LogP contribution is 2.10. The minimum absolute atomic E-state index is 0.836. The van der Waals surface area contributed by atoms with Gasteiger partial charge in [-0.05, 0) is 25.8 Å². The van der Waals surface area contributed by atoms with Crippen LogP contribution in [0.1, 0.15) is 40.0 Å². The van der Waals surface area contributed by atoms with Gasteiger partial charge in [-0.2, -0.15) is 0 Å². The first-order chi connectivity index (χ1) is 6.07. The summed E-state index contributed by atoms with van der Waals surface area (Å²) in [6.45, 7) is 13.7. The molecule has 0 rings (SSSR count). The lowest BCUT2D eigenvalue weighted by atomic mass is 10.2.